The summed E-state index contributed by atoms with van der Waals surface area (Å²) < 4.78 is 19.1. The summed E-state index contributed by atoms with van der Waals surface area (Å²) in [4.78, 5) is 23.5. The van der Waals surface area contributed by atoms with E-state index in [1.165, 1.54) is 0 Å². The quantitative estimate of drug-likeness (QED) is 0.884. The summed E-state index contributed by atoms with van der Waals surface area (Å²) in [6.07, 6.45) is -2.35. The van der Waals surface area contributed by atoms with Crippen molar-refractivity contribution in [3.63, 3.8) is 0 Å². The van der Waals surface area contributed by atoms with Gasteiger partial charge in [0.1, 0.15) is 11.9 Å². The minimum atomic E-state index is -1.43. The molecule has 2 rings (SSSR count). The zero-order valence-electron chi connectivity index (χ0n) is 11.7. The number of carbonyl (C=O) groups is 2. The molecule has 0 unspecified atom stereocenters. The smallest absolute Gasteiger partial charge is 0.407 e. The van der Waals surface area contributed by atoms with Crippen molar-refractivity contribution in [2.45, 2.75) is 18.6 Å². The summed E-state index contributed by atoms with van der Waals surface area (Å²) in [5, 5.41) is 11.8. The third-order valence-electron chi connectivity index (χ3n) is 3.32. The summed E-state index contributed by atoms with van der Waals surface area (Å²) in [5.74, 6) is -0.0171. The highest BCUT2D eigenvalue weighted by molar-refractivity contribution is 6.30. The SMILES string of the molecule is O=C(COc1cccc(Cl)c1)N[C@@H]1CCN(C(=O)O)C[C@H]1F. The largest absolute Gasteiger partial charge is 0.484 e. The van der Waals surface area contributed by atoms with Crippen molar-refractivity contribution in [3.8, 4) is 5.75 Å². The summed E-state index contributed by atoms with van der Waals surface area (Å²) in [5.41, 5.74) is 0. The van der Waals surface area contributed by atoms with Crippen LogP contribution in [0.4, 0.5) is 9.18 Å². The van der Waals surface area contributed by atoms with Crippen LogP contribution in [0.3, 0.4) is 0 Å². The van der Waals surface area contributed by atoms with Crippen molar-refractivity contribution in [1.82, 2.24) is 10.2 Å². The van der Waals surface area contributed by atoms with Gasteiger partial charge >= 0.3 is 6.09 Å². The van der Waals surface area contributed by atoms with Gasteiger partial charge in [-0.2, -0.15) is 0 Å². The van der Waals surface area contributed by atoms with Crippen molar-refractivity contribution in [2.24, 2.45) is 0 Å². The maximum absolute atomic E-state index is 13.9. The molecule has 0 aliphatic carbocycles. The molecule has 0 saturated carbocycles. The van der Waals surface area contributed by atoms with Crippen LogP contribution in [-0.4, -0.2) is 53.9 Å². The van der Waals surface area contributed by atoms with Crippen LogP contribution < -0.4 is 10.1 Å². The first kappa shape index (κ1) is 16.4. The molecule has 2 atom stereocenters. The Morgan fingerprint density at radius 1 is 1.50 bits per heavy atom. The number of carbonyl (C=O) groups excluding carboxylic acids is 1. The molecule has 1 aliphatic heterocycles. The molecule has 1 aliphatic rings. The maximum atomic E-state index is 13.9. The standard InChI is InChI=1S/C14H16ClFN2O4/c15-9-2-1-3-10(6-9)22-8-13(19)17-12-4-5-18(14(20)21)7-11(12)16/h1-3,6,11-12H,4-5,7-8H2,(H,17,19)(H,20,21)/t11-,12-/m1/s1. The van der Waals surface area contributed by atoms with Crippen molar-refractivity contribution in [2.75, 3.05) is 19.7 Å². The number of rotatable bonds is 4. The molecule has 1 heterocycles. The molecule has 120 valence electrons. The number of hydrogen-bond acceptors (Lipinski definition) is 3. The number of nitrogens with one attached hydrogen (secondary N) is 1. The molecule has 0 aromatic heterocycles. The van der Waals surface area contributed by atoms with E-state index < -0.39 is 24.2 Å². The van der Waals surface area contributed by atoms with Crippen LogP contribution in [0.5, 0.6) is 5.75 Å². The number of amides is 2. The van der Waals surface area contributed by atoms with Crippen molar-refractivity contribution in [1.29, 1.82) is 0 Å². The number of hydrogen-bond donors (Lipinski definition) is 2. The summed E-state index contributed by atoms with van der Waals surface area (Å²) >= 11 is 5.79. The van der Waals surface area contributed by atoms with E-state index in [-0.39, 0.29) is 26.1 Å². The van der Waals surface area contributed by atoms with Gasteiger partial charge in [-0.15, -0.1) is 0 Å². The molecule has 2 amide bonds. The van der Waals surface area contributed by atoms with E-state index in [1.807, 2.05) is 0 Å². The second-order valence-corrected chi connectivity index (χ2v) is 5.39. The van der Waals surface area contributed by atoms with Crippen LogP contribution >= 0.6 is 11.6 Å². The number of likely N-dealkylation sites (tertiary alicyclic amines) is 1. The van der Waals surface area contributed by atoms with Gasteiger partial charge in [0, 0.05) is 11.6 Å². The Morgan fingerprint density at radius 2 is 2.27 bits per heavy atom. The molecule has 1 fully saturated rings. The third-order valence-corrected chi connectivity index (χ3v) is 3.56. The lowest BCUT2D eigenvalue weighted by molar-refractivity contribution is -0.124. The number of halogens is 2. The Bertz CT molecular complexity index is 557. The fourth-order valence-electron chi connectivity index (χ4n) is 2.20. The summed E-state index contributed by atoms with van der Waals surface area (Å²) in [7, 11) is 0. The molecule has 22 heavy (non-hydrogen) atoms. The van der Waals surface area contributed by atoms with E-state index in [0.29, 0.717) is 10.8 Å². The Balaban J connectivity index is 1.79. The molecule has 2 N–H and O–H groups in total. The van der Waals surface area contributed by atoms with E-state index in [4.69, 9.17) is 21.4 Å². The van der Waals surface area contributed by atoms with Crippen LogP contribution in [0.15, 0.2) is 24.3 Å². The van der Waals surface area contributed by atoms with Crippen LogP contribution in [0.1, 0.15) is 6.42 Å². The van der Waals surface area contributed by atoms with E-state index >= 15 is 0 Å². The van der Waals surface area contributed by atoms with Gasteiger partial charge in [-0.05, 0) is 24.6 Å². The minimum Gasteiger partial charge on any atom is -0.484 e. The fourth-order valence-corrected chi connectivity index (χ4v) is 2.38. The highest BCUT2D eigenvalue weighted by atomic mass is 35.5. The van der Waals surface area contributed by atoms with Crippen molar-refractivity contribution < 1.29 is 23.8 Å². The lowest BCUT2D eigenvalue weighted by Crippen LogP contribution is -2.54. The number of alkyl halides is 1. The van der Waals surface area contributed by atoms with Crippen LogP contribution in [0.2, 0.25) is 5.02 Å². The minimum absolute atomic E-state index is 0.190. The first-order chi connectivity index (χ1) is 10.5. The Labute approximate surface area is 131 Å². The predicted molar refractivity (Wildman–Crippen MR) is 78.0 cm³/mol. The molecular weight excluding hydrogens is 315 g/mol. The second kappa shape index (κ2) is 7.31. The highest BCUT2D eigenvalue weighted by Gasteiger charge is 2.32. The number of piperidine rings is 1. The topological polar surface area (TPSA) is 78.9 Å². The number of benzene rings is 1. The molecule has 0 bridgehead atoms. The van der Waals surface area contributed by atoms with Crippen molar-refractivity contribution >= 4 is 23.6 Å². The molecule has 0 radical (unpaired) electrons. The van der Waals surface area contributed by atoms with E-state index in [0.717, 1.165) is 4.90 Å². The highest BCUT2D eigenvalue weighted by Crippen LogP contribution is 2.17. The average Bonchev–Trinajstić information content (AvgIpc) is 2.47. The first-order valence-electron chi connectivity index (χ1n) is 6.75. The van der Waals surface area contributed by atoms with Gasteiger partial charge in [0.2, 0.25) is 0 Å². The summed E-state index contributed by atoms with van der Waals surface area (Å²) in [6.45, 7) is -0.308. The predicted octanol–water partition coefficient (Wildman–Crippen LogP) is 1.93. The van der Waals surface area contributed by atoms with Gasteiger partial charge < -0.3 is 20.1 Å². The van der Waals surface area contributed by atoms with Crippen LogP contribution in [0, 0.1) is 0 Å². The lowest BCUT2D eigenvalue weighted by Gasteiger charge is -2.33. The van der Waals surface area contributed by atoms with Gasteiger partial charge in [0.25, 0.3) is 5.91 Å². The first-order valence-corrected chi connectivity index (χ1v) is 7.13. The van der Waals surface area contributed by atoms with E-state index in [9.17, 15) is 14.0 Å². The molecule has 1 aromatic rings. The lowest BCUT2D eigenvalue weighted by atomic mass is 10.0. The molecule has 0 spiro atoms. The number of nitrogens with zero attached hydrogens (tertiary/aromatic N) is 1. The van der Waals surface area contributed by atoms with E-state index in [2.05, 4.69) is 5.32 Å². The van der Waals surface area contributed by atoms with Crippen molar-refractivity contribution in [3.05, 3.63) is 29.3 Å². The monoisotopic (exact) mass is 330 g/mol. The average molecular weight is 331 g/mol. The van der Waals surface area contributed by atoms with Gasteiger partial charge in [-0.25, -0.2) is 9.18 Å². The van der Waals surface area contributed by atoms with Crippen LogP contribution in [0.25, 0.3) is 0 Å². The molecule has 6 nitrogen and oxygen atoms in total. The van der Waals surface area contributed by atoms with Gasteiger partial charge in [0.15, 0.2) is 6.61 Å². The Morgan fingerprint density at radius 3 is 2.91 bits per heavy atom. The van der Waals surface area contributed by atoms with Gasteiger partial charge in [-0.1, -0.05) is 17.7 Å². The number of ether oxygens (including phenoxy) is 1. The second-order valence-electron chi connectivity index (χ2n) is 4.95. The Kier molecular flexibility index (Phi) is 5.43. The van der Waals surface area contributed by atoms with Gasteiger partial charge in [0.05, 0.1) is 12.6 Å². The molecular formula is C14H16ClFN2O4. The number of carboxylic acid groups (broad SMARTS) is 1. The van der Waals surface area contributed by atoms with E-state index in [1.54, 1.807) is 24.3 Å². The summed E-state index contributed by atoms with van der Waals surface area (Å²) in [6, 6.07) is 5.89. The molecule has 1 saturated heterocycles. The zero-order valence-corrected chi connectivity index (χ0v) is 12.4. The third kappa shape index (κ3) is 4.49. The zero-order chi connectivity index (χ0) is 16.1. The maximum Gasteiger partial charge on any atom is 0.407 e. The normalized spacial score (nSPS) is 21.3. The Hall–Kier alpha value is -2.02. The molecule has 1 aromatic carbocycles. The van der Waals surface area contributed by atoms with Gasteiger partial charge in [-0.3, -0.25) is 4.79 Å². The fraction of sp³-hybridized carbons (Fsp3) is 0.429. The van der Waals surface area contributed by atoms with Crippen LogP contribution in [-0.2, 0) is 4.79 Å². The molecule has 8 heteroatoms.